The van der Waals surface area contributed by atoms with Crippen LogP contribution in [0.1, 0.15) is 52.2 Å². The van der Waals surface area contributed by atoms with E-state index in [0.717, 1.165) is 70.9 Å². The van der Waals surface area contributed by atoms with Gasteiger partial charge in [-0.15, -0.1) is 0 Å². The number of hydrogen-bond acceptors (Lipinski definition) is 7. The lowest BCUT2D eigenvalue weighted by molar-refractivity contribution is -0.253. The van der Waals surface area contributed by atoms with Gasteiger partial charge in [-0.05, 0) is 57.5 Å². The molecule has 0 saturated carbocycles. The van der Waals surface area contributed by atoms with Crippen LogP contribution in [0.3, 0.4) is 0 Å². The second kappa shape index (κ2) is 15.7. The van der Waals surface area contributed by atoms with Crippen LogP contribution < -0.4 is 14.8 Å². The Labute approximate surface area is 301 Å². The maximum atomic E-state index is 12.2. The Kier molecular flexibility index (Phi) is 11.4. The van der Waals surface area contributed by atoms with Crippen LogP contribution in [0.4, 0.5) is 0 Å². The smallest absolute Gasteiger partial charge is 0.272 e. The van der Waals surface area contributed by atoms with E-state index in [9.17, 15) is 9.90 Å². The molecular weight excluding hydrogens is 687 g/mol. The summed E-state index contributed by atoms with van der Waals surface area (Å²) in [6.07, 6.45) is 0.724. The fourth-order valence-corrected chi connectivity index (χ4v) is 6.67. The molecule has 3 atom stereocenters. The molecule has 8 nitrogen and oxygen atoms in total. The topological polar surface area (TPSA) is 89.5 Å². The van der Waals surface area contributed by atoms with E-state index in [-0.39, 0.29) is 25.4 Å². The van der Waals surface area contributed by atoms with Gasteiger partial charge in [-0.25, -0.2) is 0 Å². The molecule has 0 aliphatic carbocycles. The number of nitrogens with zero attached hydrogens (tertiary/aromatic N) is 1. The molecule has 11 heteroatoms. The fraction of sp³-hybridized carbons (Fsp3) is 0.342. The van der Waals surface area contributed by atoms with E-state index < -0.39 is 16.0 Å². The number of rotatable bonds is 10. The Morgan fingerprint density at radius 3 is 2.27 bits per heavy atom. The molecule has 0 unspecified atom stereocenters. The first kappa shape index (κ1) is 35.5. The number of fused-ring (bicyclic) bond motifs is 1. The molecule has 1 fully saturated rings. The van der Waals surface area contributed by atoms with Crippen LogP contribution in [-0.4, -0.2) is 53.1 Å². The predicted molar refractivity (Wildman–Crippen MR) is 191 cm³/mol. The number of benzene rings is 4. The van der Waals surface area contributed by atoms with Crippen molar-refractivity contribution in [3.63, 3.8) is 0 Å². The van der Waals surface area contributed by atoms with Crippen LogP contribution in [0.2, 0.25) is 0 Å². The highest BCUT2D eigenvalue weighted by Gasteiger charge is 2.34. The quantitative estimate of drug-likeness (QED) is 0.164. The largest absolute Gasteiger partial charge is 0.493 e. The van der Waals surface area contributed by atoms with E-state index in [1.165, 1.54) is 11.1 Å². The van der Waals surface area contributed by atoms with E-state index in [1.54, 1.807) is 14.2 Å². The van der Waals surface area contributed by atoms with Crippen molar-refractivity contribution in [2.45, 2.75) is 54.8 Å². The van der Waals surface area contributed by atoms with Crippen LogP contribution >= 0.6 is 34.8 Å². The number of nitrogens with one attached hydrogen (secondary N) is 1. The van der Waals surface area contributed by atoms with Gasteiger partial charge >= 0.3 is 0 Å². The number of hydrogen-bond donors (Lipinski definition) is 2. The number of halogens is 3. The lowest BCUT2D eigenvalue weighted by atomic mass is 9.96. The van der Waals surface area contributed by atoms with Gasteiger partial charge in [0.05, 0.1) is 33.0 Å². The van der Waals surface area contributed by atoms with Crippen LogP contribution in [0.15, 0.2) is 84.9 Å². The maximum absolute atomic E-state index is 12.2. The average Bonchev–Trinajstić information content (AvgIpc) is 3.13. The molecule has 2 aliphatic heterocycles. The number of amides is 1. The molecule has 6 rings (SSSR count). The molecule has 0 spiro atoms. The van der Waals surface area contributed by atoms with Gasteiger partial charge in [-0.1, -0.05) is 108 Å². The molecule has 0 radical (unpaired) electrons. The van der Waals surface area contributed by atoms with Crippen LogP contribution in [0.25, 0.3) is 11.1 Å². The normalized spacial score (nSPS) is 19.6. The first-order valence-electron chi connectivity index (χ1n) is 16.1. The van der Waals surface area contributed by atoms with Gasteiger partial charge in [-0.3, -0.25) is 9.69 Å². The molecule has 4 aromatic rings. The molecule has 0 bridgehead atoms. The van der Waals surface area contributed by atoms with Gasteiger partial charge in [-0.2, -0.15) is 0 Å². The lowest BCUT2D eigenvalue weighted by Crippen LogP contribution is -2.41. The highest BCUT2D eigenvalue weighted by molar-refractivity contribution is 6.76. The van der Waals surface area contributed by atoms with E-state index in [4.69, 9.17) is 53.8 Å². The van der Waals surface area contributed by atoms with Crippen LogP contribution in [0, 0.1) is 0 Å². The first-order chi connectivity index (χ1) is 23.6. The minimum absolute atomic E-state index is 0.0119. The monoisotopic (exact) mass is 724 g/mol. The highest BCUT2D eigenvalue weighted by Crippen LogP contribution is 2.40. The number of carbonyl (C=O) groups is 1. The van der Waals surface area contributed by atoms with Gasteiger partial charge in [0.15, 0.2) is 17.8 Å². The number of carbonyl (C=O) groups excluding carboxylic acids is 1. The number of aliphatic hydroxyl groups excluding tert-OH is 1. The van der Waals surface area contributed by atoms with Crippen molar-refractivity contribution in [2.75, 3.05) is 27.3 Å². The van der Waals surface area contributed by atoms with E-state index in [1.807, 2.05) is 72.8 Å². The van der Waals surface area contributed by atoms with Crippen molar-refractivity contribution in [3.05, 3.63) is 118 Å². The SMILES string of the molecule is COc1cc2c(cc1OC)CN(C[C@@H]1C[C@H](c3ccc(CO)cc3)O[C@H](c3ccc(-c4ccccc4CNC(=O)C(Cl)(Cl)Cl)cc3)O1)CC2. The minimum atomic E-state index is -2.03. The Balaban J connectivity index is 1.21. The highest BCUT2D eigenvalue weighted by atomic mass is 35.6. The molecule has 1 saturated heterocycles. The third-order valence-corrected chi connectivity index (χ3v) is 9.60. The van der Waals surface area contributed by atoms with Gasteiger partial charge in [0.2, 0.25) is 0 Å². The van der Waals surface area contributed by atoms with Gasteiger partial charge in [0.1, 0.15) is 0 Å². The first-order valence-corrected chi connectivity index (χ1v) is 17.3. The molecule has 49 heavy (non-hydrogen) atoms. The van der Waals surface area contributed by atoms with Crippen LogP contribution in [0.5, 0.6) is 11.5 Å². The van der Waals surface area contributed by atoms with E-state index in [0.29, 0.717) is 6.42 Å². The molecule has 258 valence electrons. The van der Waals surface area contributed by atoms with Crippen LogP contribution in [-0.2, 0) is 40.4 Å². The number of aliphatic hydroxyl groups is 1. The van der Waals surface area contributed by atoms with Crippen molar-refractivity contribution in [2.24, 2.45) is 0 Å². The van der Waals surface area contributed by atoms with Gasteiger partial charge < -0.3 is 29.4 Å². The van der Waals surface area contributed by atoms with Crippen molar-refractivity contribution in [1.29, 1.82) is 0 Å². The second-order valence-corrected chi connectivity index (χ2v) is 14.6. The summed E-state index contributed by atoms with van der Waals surface area (Å²) < 4.78 is 22.4. The molecule has 0 aromatic heterocycles. The molecular formula is C38H39Cl3N2O6. The summed E-state index contributed by atoms with van der Waals surface area (Å²) in [7, 11) is 3.32. The van der Waals surface area contributed by atoms with Gasteiger partial charge in [0.25, 0.3) is 9.70 Å². The molecule has 4 aromatic carbocycles. The molecule has 2 N–H and O–H groups in total. The van der Waals surface area contributed by atoms with Crippen molar-refractivity contribution in [3.8, 4) is 22.6 Å². The van der Waals surface area contributed by atoms with Crippen molar-refractivity contribution >= 4 is 40.7 Å². The summed E-state index contributed by atoms with van der Waals surface area (Å²) in [5.74, 6) is 0.801. The summed E-state index contributed by atoms with van der Waals surface area (Å²) >= 11 is 17.2. The third kappa shape index (κ3) is 8.52. The standard InChI is InChI=1S/C38H39Cl3N2O6/c1-46-34-17-28-15-16-43(21-30(28)18-35(34)47-2)22-31-19-33(26-9-7-24(23-44)8-10-26)49-36(48-31)27-13-11-25(12-14-27)32-6-4-3-5-29(32)20-42-37(45)38(39,40)41/h3-14,17-18,31,33,36,44H,15-16,19-23H2,1-2H3,(H,42,45)/t31-,33+,36+/m0/s1. The predicted octanol–water partition coefficient (Wildman–Crippen LogP) is 7.45. The number of ether oxygens (including phenoxy) is 4. The summed E-state index contributed by atoms with van der Waals surface area (Å²) in [5, 5.41) is 12.3. The Bertz CT molecular complexity index is 1750. The van der Waals surface area contributed by atoms with E-state index >= 15 is 0 Å². The summed E-state index contributed by atoms with van der Waals surface area (Å²) in [4.78, 5) is 14.6. The summed E-state index contributed by atoms with van der Waals surface area (Å²) in [6, 6.07) is 27.9. The average molecular weight is 726 g/mol. The Hall–Kier alpha value is -3.34. The minimum Gasteiger partial charge on any atom is -0.493 e. The molecule has 1 amide bonds. The number of methoxy groups -OCH3 is 2. The fourth-order valence-electron chi connectivity index (χ4n) is 6.47. The summed E-state index contributed by atoms with van der Waals surface area (Å²) in [5.41, 5.74) is 8.09. The zero-order chi connectivity index (χ0) is 34.5. The number of alkyl halides is 3. The molecule has 2 heterocycles. The zero-order valence-corrected chi connectivity index (χ0v) is 29.6. The van der Waals surface area contributed by atoms with Gasteiger partial charge in [0, 0.05) is 38.2 Å². The van der Waals surface area contributed by atoms with E-state index in [2.05, 4.69) is 22.3 Å². The summed E-state index contributed by atoms with van der Waals surface area (Å²) in [6.45, 7) is 2.62. The Morgan fingerprint density at radius 2 is 1.59 bits per heavy atom. The molecule has 2 aliphatic rings. The maximum Gasteiger partial charge on any atom is 0.272 e. The third-order valence-electron chi connectivity index (χ3n) is 9.08. The lowest BCUT2D eigenvalue weighted by Gasteiger charge is -2.39. The zero-order valence-electron chi connectivity index (χ0n) is 27.3. The Morgan fingerprint density at radius 1 is 0.918 bits per heavy atom. The van der Waals surface area contributed by atoms with Crippen molar-refractivity contribution < 1.29 is 28.8 Å². The second-order valence-electron chi connectivity index (χ2n) is 12.3. The van der Waals surface area contributed by atoms with Crippen molar-refractivity contribution in [1.82, 2.24) is 10.2 Å².